The molecule has 1 aliphatic rings. The molecule has 27 heavy (non-hydrogen) atoms. The third-order valence-corrected chi connectivity index (χ3v) is 7.67. The predicted octanol–water partition coefficient (Wildman–Crippen LogP) is 5.17. The smallest absolute Gasteiger partial charge is 0.265 e. The van der Waals surface area contributed by atoms with Gasteiger partial charge in [-0.05, 0) is 47.9 Å². The Balaban J connectivity index is 1.68. The summed E-state index contributed by atoms with van der Waals surface area (Å²) in [6, 6.07) is 14.2. The van der Waals surface area contributed by atoms with Gasteiger partial charge in [-0.1, -0.05) is 36.7 Å². The van der Waals surface area contributed by atoms with Crippen molar-refractivity contribution >= 4 is 44.4 Å². The van der Waals surface area contributed by atoms with E-state index in [4.69, 9.17) is 11.6 Å². The van der Waals surface area contributed by atoms with E-state index >= 15 is 0 Å². The first-order valence-electron chi connectivity index (χ1n) is 8.43. The average molecular weight is 418 g/mol. The molecule has 0 saturated heterocycles. The monoisotopic (exact) mass is 417 g/mol. The van der Waals surface area contributed by atoms with Gasteiger partial charge in [0, 0.05) is 21.2 Å². The Morgan fingerprint density at radius 2 is 1.89 bits per heavy atom. The number of sulfone groups is 1. The summed E-state index contributed by atoms with van der Waals surface area (Å²) in [6.45, 7) is 2.07. The van der Waals surface area contributed by atoms with Crippen LogP contribution in [-0.2, 0) is 22.0 Å². The van der Waals surface area contributed by atoms with Gasteiger partial charge in [-0.2, -0.15) is 0 Å². The molecule has 0 aliphatic carbocycles. The lowest BCUT2D eigenvalue weighted by Gasteiger charge is -2.16. The third kappa shape index (κ3) is 3.40. The molecule has 2 heterocycles. The lowest BCUT2D eigenvalue weighted by atomic mass is 10.1. The van der Waals surface area contributed by atoms with E-state index in [1.54, 1.807) is 18.2 Å². The number of thiophene rings is 1. The normalized spacial score (nSPS) is 14.3. The molecular formula is C20H16ClNO3S2. The van der Waals surface area contributed by atoms with Gasteiger partial charge in [0.2, 0.25) is 0 Å². The van der Waals surface area contributed by atoms with Crippen LogP contribution in [0.1, 0.15) is 27.7 Å². The number of hydrogen-bond donors (Lipinski definition) is 1. The molecule has 1 N–H and O–H groups in total. The minimum absolute atomic E-state index is 0.120. The van der Waals surface area contributed by atoms with E-state index in [9.17, 15) is 13.2 Å². The van der Waals surface area contributed by atoms with E-state index in [0.29, 0.717) is 26.7 Å². The van der Waals surface area contributed by atoms with E-state index in [2.05, 4.69) is 12.2 Å². The van der Waals surface area contributed by atoms with E-state index in [1.165, 1.54) is 23.0 Å². The standard InChI is InChI=1S/C20H16ClNO3S2/c1-2-12-3-6-15(7-4-12)22-20(23)17-9-13-11-27(24,25)18-10-14(21)5-8-16(18)19(13)26-17/h3-10H,2,11H2,1H3,(H,22,23). The van der Waals surface area contributed by atoms with Crippen molar-refractivity contribution in [2.24, 2.45) is 0 Å². The van der Waals surface area contributed by atoms with Crippen molar-refractivity contribution in [2.75, 3.05) is 5.32 Å². The Morgan fingerprint density at radius 1 is 1.15 bits per heavy atom. The molecule has 7 heteroatoms. The van der Waals surface area contributed by atoms with Crippen molar-refractivity contribution in [2.45, 2.75) is 24.0 Å². The van der Waals surface area contributed by atoms with Crippen LogP contribution < -0.4 is 5.32 Å². The number of benzene rings is 2. The summed E-state index contributed by atoms with van der Waals surface area (Å²) < 4.78 is 25.1. The van der Waals surface area contributed by atoms with Gasteiger partial charge < -0.3 is 5.32 Å². The zero-order chi connectivity index (χ0) is 19.2. The van der Waals surface area contributed by atoms with Crippen LogP contribution in [0.25, 0.3) is 10.4 Å². The number of carbonyl (C=O) groups excluding carboxylic acids is 1. The van der Waals surface area contributed by atoms with Gasteiger partial charge in [0.05, 0.1) is 15.5 Å². The lowest BCUT2D eigenvalue weighted by molar-refractivity contribution is 0.103. The summed E-state index contributed by atoms with van der Waals surface area (Å²) in [5.41, 5.74) is 3.17. The summed E-state index contributed by atoms with van der Waals surface area (Å²) in [5, 5.41) is 3.25. The zero-order valence-electron chi connectivity index (χ0n) is 14.5. The Labute approximate surface area is 166 Å². The third-order valence-electron chi connectivity index (χ3n) is 4.52. The first-order chi connectivity index (χ1) is 12.9. The lowest BCUT2D eigenvalue weighted by Crippen LogP contribution is -2.11. The molecular weight excluding hydrogens is 402 g/mol. The highest BCUT2D eigenvalue weighted by Gasteiger charge is 2.31. The highest BCUT2D eigenvalue weighted by molar-refractivity contribution is 7.91. The highest BCUT2D eigenvalue weighted by Crippen LogP contribution is 2.43. The van der Waals surface area contributed by atoms with Gasteiger partial charge in [-0.3, -0.25) is 4.79 Å². The molecule has 4 nitrogen and oxygen atoms in total. The molecule has 0 bridgehead atoms. The number of nitrogens with one attached hydrogen (secondary N) is 1. The summed E-state index contributed by atoms with van der Waals surface area (Å²) in [4.78, 5) is 14.2. The SMILES string of the molecule is CCc1ccc(NC(=O)c2cc3c(s2)-c2ccc(Cl)cc2S(=O)(=O)C3)cc1. The maximum absolute atomic E-state index is 12.6. The molecule has 0 saturated carbocycles. The van der Waals surface area contributed by atoms with Crippen molar-refractivity contribution in [1.82, 2.24) is 0 Å². The number of anilines is 1. The molecule has 3 aromatic rings. The number of hydrogen-bond acceptors (Lipinski definition) is 4. The fraction of sp³-hybridized carbons (Fsp3) is 0.150. The van der Waals surface area contributed by atoms with Crippen molar-refractivity contribution in [3.8, 4) is 10.4 Å². The van der Waals surface area contributed by atoms with Crippen molar-refractivity contribution in [3.05, 3.63) is 69.6 Å². The highest BCUT2D eigenvalue weighted by atomic mass is 35.5. The number of aryl methyl sites for hydroxylation is 1. The molecule has 1 amide bonds. The van der Waals surface area contributed by atoms with Crippen molar-refractivity contribution in [1.29, 1.82) is 0 Å². The van der Waals surface area contributed by atoms with Crippen LogP contribution in [0.3, 0.4) is 0 Å². The first kappa shape index (κ1) is 18.2. The quantitative estimate of drug-likeness (QED) is 0.639. The van der Waals surface area contributed by atoms with E-state index in [1.807, 2.05) is 24.3 Å². The predicted molar refractivity (Wildman–Crippen MR) is 109 cm³/mol. The molecule has 138 valence electrons. The second kappa shape index (κ2) is 6.78. The van der Waals surface area contributed by atoms with Crippen LogP contribution in [0.4, 0.5) is 5.69 Å². The molecule has 4 rings (SSSR count). The topological polar surface area (TPSA) is 63.2 Å². The van der Waals surface area contributed by atoms with Crippen LogP contribution in [-0.4, -0.2) is 14.3 Å². The number of halogens is 1. The van der Waals surface area contributed by atoms with E-state index in [0.717, 1.165) is 11.3 Å². The Kier molecular flexibility index (Phi) is 4.58. The Hall–Kier alpha value is -2.15. The van der Waals surface area contributed by atoms with E-state index < -0.39 is 9.84 Å². The van der Waals surface area contributed by atoms with Crippen molar-refractivity contribution in [3.63, 3.8) is 0 Å². The van der Waals surface area contributed by atoms with Crippen LogP contribution in [0, 0.1) is 0 Å². The zero-order valence-corrected chi connectivity index (χ0v) is 16.8. The maximum Gasteiger partial charge on any atom is 0.265 e. The van der Waals surface area contributed by atoms with Crippen LogP contribution in [0.15, 0.2) is 53.4 Å². The second-order valence-corrected chi connectivity index (χ2v) is 9.82. The van der Waals surface area contributed by atoms with Crippen LogP contribution in [0.2, 0.25) is 5.02 Å². The second-order valence-electron chi connectivity index (χ2n) is 6.37. The summed E-state index contributed by atoms with van der Waals surface area (Å²) in [7, 11) is -3.47. The number of fused-ring (bicyclic) bond motifs is 3. The Bertz CT molecular complexity index is 1150. The van der Waals surface area contributed by atoms with Crippen LogP contribution in [0.5, 0.6) is 0 Å². The summed E-state index contributed by atoms with van der Waals surface area (Å²) >= 11 is 7.27. The molecule has 0 unspecified atom stereocenters. The van der Waals surface area contributed by atoms with Gasteiger partial charge in [0.25, 0.3) is 5.91 Å². The van der Waals surface area contributed by atoms with Gasteiger partial charge in [-0.25, -0.2) is 8.42 Å². The molecule has 1 aliphatic heterocycles. The minimum atomic E-state index is -3.47. The summed E-state index contributed by atoms with van der Waals surface area (Å²) in [6.07, 6.45) is 0.934. The van der Waals surface area contributed by atoms with Crippen LogP contribution >= 0.6 is 22.9 Å². The molecule has 2 aromatic carbocycles. The molecule has 0 atom stereocenters. The van der Waals surface area contributed by atoms with Gasteiger partial charge in [0.15, 0.2) is 9.84 Å². The largest absolute Gasteiger partial charge is 0.321 e. The summed E-state index contributed by atoms with van der Waals surface area (Å²) in [5.74, 6) is -0.364. The number of carbonyl (C=O) groups is 1. The van der Waals surface area contributed by atoms with Gasteiger partial charge in [-0.15, -0.1) is 11.3 Å². The minimum Gasteiger partial charge on any atom is -0.321 e. The molecule has 0 fully saturated rings. The van der Waals surface area contributed by atoms with Gasteiger partial charge in [0.1, 0.15) is 0 Å². The fourth-order valence-corrected chi connectivity index (χ4v) is 6.23. The van der Waals surface area contributed by atoms with Crippen molar-refractivity contribution < 1.29 is 13.2 Å². The first-order valence-corrected chi connectivity index (χ1v) is 11.3. The fourth-order valence-electron chi connectivity index (χ4n) is 3.12. The molecule has 0 radical (unpaired) electrons. The molecule has 1 aromatic heterocycles. The maximum atomic E-state index is 12.6. The Morgan fingerprint density at radius 3 is 2.59 bits per heavy atom. The number of amides is 1. The molecule has 0 spiro atoms. The van der Waals surface area contributed by atoms with E-state index in [-0.39, 0.29) is 16.6 Å². The number of rotatable bonds is 3. The van der Waals surface area contributed by atoms with Gasteiger partial charge >= 0.3 is 0 Å². The average Bonchev–Trinajstić information content (AvgIpc) is 3.06.